The van der Waals surface area contributed by atoms with Crippen LogP contribution in [0, 0.1) is 5.82 Å². The molecule has 4 rings (SSSR count). The van der Waals surface area contributed by atoms with Gasteiger partial charge in [0.25, 0.3) is 5.91 Å². The molecule has 3 aromatic rings. The zero-order chi connectivity index (χ0) is 20.8. The van der Waals surface area contributed by atoms with Crippen molar-refractivity contribution < 1.29 is 14.1 Å². The van der Waals surface area contributed by atoms with E-state index >= 15 is 0 Å². The van der Waals surface area contributed by atoms with Crippen LogP contribution >= 0.6 is 0 Å². The van der Waals surface area contributed by atoms with Crippen LogP contribution in [0.2, 0.25) is 0 Å². The van der Waals surface area contributed by atoms with E-state index < -0.39 is 0 Å². The number of para-hydroxylation sites is 1. The monoisotopic (exact) mass is 404 g/mol. The first-order chi connectivity index (χ1) is 14.7. The van der Waals surface area contributed by atoms with Crippen molar-refractivity contribution in [2.45, 2.75) is 6.04 Å². The van der Waals surface area contributed by atoms with Crippen molar-refractivity contribution in [1.29, 1.82) is 0 Å². The Hall–Kier alpha value is -3.18. The second-order valence-corrected chi connectivity index (χ2v) is 7.69. The molecule has 1 fully saturated rings. The number of benzene rings is 3. The Bertz CT molecular complexity index is 917. The average molecular weight is 405 g/mol. The van der Waals surface area contributed by atoms with Crippen molar-refractivity contribution >= 4 is 11.6 Å². The summed E-state index contributed by atoms with van der Waals surface area (Å²) in [4.78, 5) is 16.2. The van der Waals surface area contributed by atoms with Crippen molar-refractivity contribution in [2.75, 3.05) is 37.6 Å². The lowest BCUT2D eigenvalue weighted by molar-refractivity contribution is -0.892. The molecule has 0 spiro atoms. The molecule has 1 aliphatic rings. The molecule has 0 unspecified atom stereocenters. The number of carbonyl (C=O) groups excluding carboxylic acids is 1. The Kier molecular flexibility index (Phi) is 6.40. The van der Waals surface area contributed by atoms with Crippen LogP contribution in [0.5, 0.6) is 0 Å². The largest absolute Gasteiger partial charge is 0.358 e. The van der Waals surface area contributed by atoms with E-state index in [1.807, 2.05) is 72.8 Å². The number of amides is 1. The van der Waals surface area contributed by atoms with Crippen LogP contribution in [-0.4, -0.2) is 38.6 Å². The quantitative estimate of drug-likeness (QED) is 0.662. The minimum Gasteiger partial charge on any atom is -0.358 e. The summed E-state index contributed by atoms with van der Waals surface area (Å²) in [6, 6.07) is 26.8. The van der Waals surface area contributed by atoms with E-state index in [9.17, 15) is 9.18 Å². The minimum absolute atomic E-state index is 0.0297. The summed E-state index contributed by atoms with van der Waals surface area (Å²) in [5.41, 5.74) is 2.78. The van der Waals surface area contributed by atoms with Gasteiger partial charge in [0.15, 0.2) is 6.54 Å². The van der Waals surface area contributed by atoms with Gasteiger partial charge in [-0.1, -0.05) is 72.8 Å². The number of nitrogens with zero attached hydrogens (tertiary/aromatic N) is 1. The summed E-state index contributed by atoms with van der Waals surface area (Å²) in [5, 5.41) is 3.22. The molecule has 30 heavy (non-hydrogen) atoms. The topological polar surface area (TPSA) is 36.8 Å². The van der Waals surface area contributed by atoms with Crippen LogP contribution in [0.15, 0.2) is 84.9 Å². The summed E-state index contributed by atoms with van der Waals surface area (Å²) < 4.78 is 14.0. The number of hydrogen-bond acceptors (Lipinski definition) is 2. The molecule has 2 N–H and O–H groups in total. The van der Waals surface area contributed by atoms with Gasteiger partial charge in [-0.05, 0) is 23.3 Å². The van der Waals surface area contributed by atoms with Crippen LogP contribution in [-0.2, 0) is 4.79 Å². The number of anilines is 1. The van der Waals surface area contributed by atoms with E-state index in [2.05, 4.69) is 10.2 Å². The third-order valence-corrected chi connectivity index (χ3v) is 5.65. The van der Waals surface area contributed by atoms with Crippen LogP contribution in [0.25, 0.3) is 0 Å². The van der Waals surface area contributed by atoms with Gasteiger partial charge in [-0.2, -0.15) is 0 Å². The number of piperazine rings is 1. The second-order valence-electron chi connectivity index (χ2n) is 7.69. The van der Waals surface area contributed by atoms with Gasteiger partial charge < -0.3 is 15.1 Å². The maximum Gasteiger partial charge on any atom is 0.275 e. The molecule has 1 amide bonds. The fraction of sp³-hybridized carbons (Fsp3) is 0.240. The Morgan fingerprint density at radius 1 is 0.867 bits per heavy atom. The van der Waals surface area contributed by atoms with Crippen molar-refractivity contribution in [3.05, 3.63) is 102 Å². The van der Waals surface area contributed by atoms with Gasteiger partial charge in [0.1, 0.15) is 5.82 Å². The molecule has 0 atom stereocenters. The third kappa shape index (κ3) is 4.86. The van der Waals surface area contributed by atoms with Crippen molar-refractivity contribution in [1.82, 2.24) is 5.32 Å². The van der Waals surface area contributed by atoms with E-state index in [1.54, 1.807) is 6.07 Å². The number of halogens is 1. The maximum atomic E-state index is 14.0. The highest BCUT2D eigenvalue weighted by Gasteiger charge is 2.25. The number of quaternary nitrogens is 1. The van der Waals surface area contributed by atoms with Crippen LogP contribution in [0.4, 0.5) is 10.1 Å². The second kappa shape index (κ2) is 9.55. The molecule has 0 aliphatic carbocycles. The van der Waals surface area contributed by atoms with Crippen molar-refractivity contribution in [3.63, 3.8) is 0 Å². The van der Waals surface area contributed by atoms with E-state index in [4.69, 9.17) is 0 Å². The normalized spacial score (nSPS) is 14.7. The molecule has 1 saturated heterocycles. The lowest BCUT2D eigenvalue weighted by Crippen LogP contribution is -3.16. The molecule has 0 aromatic heterocycles. The van der Waals surface area contributed by atoms with E-state index in [-0.39, 0.29) is 17.8 Å². The fourth-order valence-corrected chi connectivity index (χ4v) is 4.04. The number of nitrogens with one attached hydrogen (secondary N) is 2. The van der Waals surface area contributed by atoms with E-state index in [0.717, 1.165) is 37.3 Å². The highest BCUT2D eigenvalue weighted by Crippen LogP contribution is 2.21. The Morgan fingerprint density at radius 3 is 1.97 bits per heavy atom. The maximum absolute atomic E-state index is 14.0. The van der Waals surface area contributed by atoms with Crippen LogP contribution < -0.4 is 15.1 Å². The molecule has 5 heteroatoms. The highest BCUT2D eigenvalue weighted by molar-refractivity contribution is 5.78. The van der Waals surface area contributed by atoms with Crippen molar-refractivity contribution in [3.8, 4) is 0 Å². The molecular weight excluding hydrogens is 377 g/mol. The average Bonchev–Trinajstić information content (AvgIpc) is 2.80. The molecule has 0 radical (unpaired) electrons. The number of hydrogen-bond donors (Lipinski definition) is 2. The zero-order valence-electron chi connectivity index (χ0n) is 16.9. The standard InChI is InChI=1S/C25H26FN3O/c26-22-13-7-8-14-23(22)29-17-15-28(16-18-29)19-24(30)27-25(20-9-3-1-4-10-20)21-11-5-2-6-12-21/h1-14,25H,15-19H2,(H,27,30)/p+1. The van der Waals surface area contributed by atoms with Crippen LogP contribution in [0.1, 0.15) is 17.2 Å². The predicted octanol–water partition coefficient (Wildman–Crippen LogP) is 2.44. The minimum atomic E-state index is -0.188. The first-order valence-electron chi connectivity index (χ1n) is 10.4. The van der Waals surface area contributed by atoms with Crippen molar-refractivity contribution in [2.24, 2.45) is 0 Å². The number of carbonyl (C=O) groups is 1. The molecule has 154 valence electrons. The lowest BCUT2D eigenvalue weighted by atomic mass is 9.99. The molecule has 1 heterocycles. The SMILES string of the molecule is O=C(C[NH+]1CCN(c2ccccc2F)CC1)NC(c1ccccc1)c1ccccc1. The molecule has 4 nitrogen and oxygen atoms in total. The first kappa shape index (κ1) is 20.1. The lowest BCUT2D eigenvalue weighted by Gasteiger charge is -2.33. The molecule has 0 saturated carbocycles. The van der Waals surface area contributed by atoms with Crippen LogP contribution in [0.3, 0.4) is 0 Å². The third-order valence-electron chi connectivity index (χ3n) is 5.65. The first-order valence-corrected chi connectivity index (χ1v) is 10.4. The molecule has 0 bridgehead atoms. The van der Waals surface area contributed by atoms with Gasteiger partial charge in [-0.3, -0.25) is 4.79 Å². The van der Waals surface area contributed by atoms with Gasteiger partial charge in [-0.15, -0.1) is 0 Å². The highest BCUT2D eigenvalue weighted by atomic mass is 19.1. The Balaban J connectivity index is 1.37. The molecular formula is C25H27FN3O+. The molecule has 1 aliphatic heterocycles. The van der Waals surface area contributed by atoms with E-state index in [0.29, 0.717) is 12.2 Å². The van der Waals surface area contributed by atoms with Gasteiger partial charge >= 0.3 is 0 Å². The summed E-state index contributed by atoms with van der Waals surface area (Å²) in [7, 11) is 0. The summed E-state index contributed by atoms with van der Waals surface area (Å²) in [6.45, 7) is 3.52. The molecule has 3 aromatic carbocycles. The van der Waals surface area contributed by atoms with Gasteiger partial charge in [0, 0.05) is 0 Å². The predicted molar refractivity (Wildman–Crippen MR) is 117 cm³/mol. The van der Waals surface area contributed by atoms with E-state index in [1.165, 1.54) is 11.0 Å². The van der Waals surface area contributed by atoms with Gasteiger partial charge in [-0.25, -0.2) is 4.39 Å². The number of rotatable bonds is 6. The smallest absolute Gasteiger partial charge is 0.275 e. The Labute approximate surface area is 176 Å². The summed E-state index contributed by atoms with van der Waals surface area (Å²) in [6.07, 6.45) is 0. The fourth-order valence-electron chi connectivity index (χ4n) is 4.04. The summed E-state index contributed by atoms with van der Waals surface area (Å²) in [5.74, 6) is -0.158. The zero-order valence-corrected chi connectivity index (χ0v) is 16.9. The van der Waals surface area contributed by atoms with Gasteiger partial charge in [0.2, 0.25) is 0 Å². The Morgan fingerprint density at radius 2 is 1.40 bits per heavy atom. The summed E-state index contributed by atoms with van der Waals surface area (Å²) >= 11 is 0. The van der Waals surface area contributed by atoms with Gasteiger partial charge in [0.05, 0.1) is 37.9 Å².